The molecule has 4 bridgehead atoms. The van der Waals surface area contributed by atoms with Gasteiger partial charge in [-0.15, -0.1) is 0 Å². The van der Waals surface area contributed by atoms with Crippen LogP contribution in [0, 0.1) is 17.8 Å². The highest BCUT2D eigenvalue weighted by atomic mass is 32.2. The summed E-state index contributed by atoms with van der Waals surface area (Å²) in [5, 5.41) is 3.07. The first-order chi connectivity index (χ1) is 12.3. The Labute approximate surface area is 154 Å². The van der Waals surface area contributed by atoms with Gasteiger partial charge < -0.3 is 10.1 Å². The third kappa shape index (κ3) is 3.74. The molecule has 0 radical (unpaired) electrons. The number of benzene rings is 1. The predicted molar refractivity (Wildman–Crippen MR) is 97.8 cm³/mol. The van der Waals surface area contributed by atoms with Gasteiger partial charge in [0.2, 0.25) is 10.0 Å². The topological polar surface area (TPSA) is 84.5 Å². The number of carbonyl (C=O) groups excluding carboxylic acids is 1. The van der Waals surface area contributed by atoms with Crippen LogP contribution < -0.4 is 10.0 Å². The second-order valence-corrected chi connectivity index (χ2v) is 10.1. The monoisotopic (exact) mass is 378 g/mol. The van der Waals surface area contributed by atoms with Gasteiger partial charge in [0.15, 0.2) is 0 Å². The largest absolute Gasteiger partial charge is 0.445 e. The van der Waals surface area contributed by atoms with E-state index in [4.69, 9.17) is 4.74 Å². The van der Waals surface area contributed by atoms with Gasteiger partial charge in [0, 0.05) is 11.6 Å². The lowest BCUT2D eigenvalue weighted by Crippen LogP contribution is -2.66. The summed E-state index contributed by atoms with van der Waals surface area (Å²) in [6.45, 7) is 0.261. The number of amides is 1. The Bertz CT molecular complexity index is 764. The van der Waals surface area contributed by atoms with Crippen LogP contribution in [-0.4, -0.2) is 32.3 Å². The van der Waals surface area contributed by atoms with Crippen LogP contribution in [0.5, 0.6) is 0 Å². The first kappa shape index (κ1) is 17.8. The number of hydrogen-bond acceptors (Lipinski definition) is 4. The Kier molecular flexibility index (Phi) is 4.47. The molecule has 7 heteroatoms. The van der Waals surface area contributed by atoms with Crippen LogP contribution in [0.1, 0.15) is 37.7 Å². The Morgan fingerprint density at radius 1 is 1.15 bits per heavy atom. The van der Waals surface area contributed by atoms with E-state index in [1.807, 2.05) is 30.3 Å². The molecule has 6 nitrogen and oxygen atoms in total. The SMILES string of the molecule is CS(=O)(=O)NC12CC3CC(C1)C(NC(=O)OCc1ccccc1)C(C3)C2. The summed E-state index contributed by atoms with van der Waals surface area (Å²) < 4.78 is 31.9. The molecule has 2 N–H and O–H groups in total. The summed E-state index contributed by atoms with van der Waals surface area (Å²) in [6, 6.07) is 9.71. The molecule has 2 unspecified atom stereocenters. The second-order valence-electron chi connectivity index (χ2n) is 8.36. The fourth-order valence-electron chi connectivity index (χ4n) is 5.68. The Balaban J connectivity index is 1.38. The van der Waals surface area contributed by atoms with Crippen molar-refractivity contribution in [3.63, 3.8) is 0 Å². The smallest absolute Gasteiger partial charge is 0.407 e. The zero-order chi connectivity index (χ0) is 18.4. The number of sulfonamides is 1. The van der Waals surface area contributed by atoms with Crippen molar-refractivity contribution in [2.45, 2.75) is 50.3 Å². The van der Waals surface area contributed by atoms with Crippen LogP contribution in [0.2, 0.25) is 0 Å². The zero-order valence-corrected chi connectivity index (χ0v) is 15.8. The van der Waals surface area contributed by atoms with Crippen LogP contribution >= 0.6 is 0 Å². The predicted octanol–water partition coefficient (Wildman–Crippen LogP) is 2.41. The maximum Gasteiger partial charge on any atom is 0.407 e. The molecule has 1 amide bonds. The molecule has 4 aliphatic rings. The average molecular weight is 378 g/mol. The number of carbonyl (C=O) groups is 1. The zero-order valence-electron chi connectivity index (χ0n) is 15.0. The van der Waals surface area contributed by atoms with E-state index in [2.05, 4.69) is 10.0 Å². The molecule has 0 aromatic heterocycles. The Morgan fingerprint density at radius 3 is 2.42 bits per heavy atom. The van der Waals surface area contributed by atoms with Crippen molar-refractivity contribution in [3.8, 4) is 0 Å². The fourth-order valence-corrected chi connectivity index (χ4v) is 6.72. The molecular weight excluding hydrogens is 352 g/mol. The Morgan fingerprint density at radius 2 is 1.81 bits per heavy atom. The lowest BCUT2D eigenvalue weighted by molar-refractivity contribution is -0.0365. The third-order valence-electron chi connectivity index (χ3n) is 6.17. The molecule has 0 aliphatic heterocycles. The van der Waals surface area contributed by atoms with Gasteiger partial charge in [0.05, 0.1) is 6.26 Å². The van der Waals surface area contributed by atoms with E-state index in [9.17, 15) is 13.2 Å². The van der Waals surface area contributed by atoms with E-state index in [1.165, 1.54) is 6.26 Å². The minimum absolute atomic E-state index is 0.0873. The molecule has 26 heavy (non-hydrogen) atoms. The van der Waals surface area contributed by atoms with Crippen LogP contribution in [0.3, 0.4) is 0 Å². The molecule has 0 saturated heterocycles. The molecule has 0 heterocycles. The summed E-state index contributed by atoms with van der Waals surface area (Å²) in [5.41, 5.74) is 0.653. The summed E-state index contributed by atoms with van der Waals surface area (Å²) in [5.74, 6) is 1.19. The summed E-state index contributed by atoms with van der Waals surface area (Å²) in [6.07, 6.45) is 5.52. The lowest BCUT2D eigenvalue weighted by atomic mass is 9.51. The number of ether oxygens (including phenoxy) is 1. The van der Waals surface area contributed by atoms with Gasteiger partial charge >= 0.3 is 6.09 Å². The summed E-state index contributed by atoms with van der Waals surface area (Å²) in [4.78, 5) is 12.3. The van der Waals surface area contributed by atoms with Crippen LogP contribution in [0.15, 0.2) is 30.3 Å². The highest BCUT2D eigenvalue weighted by Crippen LogP contribution is 2.55. The molecule has 1 aromatic rings. The van der Waals surface area contributed by atoms with E-state index >= 15 is 0 Å². The van der Waals surface area contributed by atoms with E-state index < -0.39 is 10.0 Å². The average Bonchev–Trinajstić information content (AvgIpc) is 2.54. The molecule has 5 rings (SSSR count). The van der Waals surface area contributed by atoms with Gasteiger partial charge in [-0.3, -0.25) is 0 Å². The van der Waals surface area contributed by atoms with E-state index in [0.717, 1.165) is 37.7 Å². The molecular formula is C19H26N2O4S. The van der Waals surface area contributed by atoms with E-state index in [1.54, 1.807) is 0 Å². The second kappa shape index (κ2) is 6.53. The van der Waals surface area contributed by atoms with E-state index in [0.29, 0.717) is 17.8 Å². The third-order valence-corrected chi connectivity index (χ3v) is 6.98. The summed E-state index contributed by atoms with van der Waals surface area (Å²) in [7, 11) is -3.23. The molecule has 142 valence electrons. The lowest BCUT2D eigenvalue weighted by Gasteiger charge is -2.59. The summed E-state index contributed by atoms with van der Waals surface area (Å²) >= 11 is 0. The standard InChI is InChI=1S/C19H26N2O4S/c1-26(23,24)21-19-9-14-7-15(10-19)17(16(8-14)11-19)20-18(22)25-12-13-5-3-2-4-6-13/h2-6,14-17,21H,7-12H2,1H3,(H,20,22). The van der Waals surface area contributed by atoms with Gasteiger partial charge in [-0.05, 0) is 55.4 Å². The first-order valence-electron chi connectivity index (χ1n) is 9.28. The van der Waals surface area contributed by atoms with Crippen molar-refractivity contribution in [1.82, 2.24) is 10.0 Å². The van der Waals surface area contributed by atoms with Crippen molar-refractivity contribution < 1.29 is 17.9 Å². The van der Waals surface area contributed by atoms with Gasteiger partial charge in [-0.25, -0.2) is 17.9 Å². The fraction of sp³-hybridized carbons (Fsp3) is 0.632. The normalized spacial score (nSPS) is 35.3. The van der Waals surface area contributed by atoms with Crippen LogP contribution in [0.4, 0.5) is 4.79 Å². The molecule has 4 saturated carbocycles. The molecule has 2 atom stereocenters. The van der Waals surface area contributed by atoms with Gasteiger partial charge in [0.25, 0.3) is 0 Å². The first-order valence-corrected chi connectivity index (χ1v) is 11.2. The van der Waals surface area contributed by atoms with Crippen LogP contribution in [-0.2, 0) is 21.4 Å². The number of hydrogen-bond donors (Lipinski definition) is 2. The molecule has 4 fully saturated rings. The van der Waals surface area contributed by atoms with Gasteiger partial charge in [-0.2, -0.15) is 0 Å². The van der Waals surface area contributed by atoms with Gasteiger partial charge in [0.1, 0.15) is 6.61 Å². The number of alkyl carbamates (subject to hydrolysis) is 1. The van der Waals surface area contributed by atoms with Crippen molar-refractivity contribution in [1.29, 1.82) is 0 Å². The maximum atomic E-state index is 12.3. The number of rotatable bonds is 5. The van der Waals surface area contributed by atoms with Crippen molar-refractivity contribution >= 4 is 16.1 Å². The molecule has 1 aromatic carbocycles. The minimum Gasteiger partial charge on any atom is -0.445 e. The van der Waals surface area contributed by atoms with Crippen LogP contribution in [0.25, 0.3) is 0 Å². The quantitative estimate of drug-likeness (QED) is 0.824. The highest BCUT2D eigenvalue weighted by molar-refractivity contribution is 7.88. The van der Waals surface area contributed by atoms with Gasteiger partial charge in [-0.1, -0.05) is 30.3 Å². The maximum absolute atomic E-state index is 12.3. The minimum atomic E-state index is -3.23. The molecule has 4 aliphatic carbocycles. The number of nitrogens with one attached hydrogen (secondary N) is 2. The van der Waals surface area contributed by atoms with Crippen molar-refractivity contribution in [2.24, 2.45) is 17.8 Å². The highest BCUT2D eigenvalue weighted by Gasteiger charge is 2.56. The van der Waals surface area contributed by atoms with Crippen molar-refractivity contribution in [3.05, 3.63) is 35.9 Å². The van der Waals surface area contributed by atoms with Crippen molar-refractivity contribution in [2.75, 3.05) is 6.26 Å². The Hall–Kier alpha value is -1.60. The van der Waals surface area contributed by atoms with E-state index in [-0.39, 0.29) is 24.3 Å². The molecule has 0 spiro atoms.